The number of nitrogens with zero attached hydrogens (tertiary/aromatic N) is 1. The summed E-state index contributed by atoms with van der Waals surface area (Å²) >= 11 is 0. The topological polar surface area (TPSA) is 62.5 Å². The minimum absolute atomic E-state index is 0.282. The Balaban J connectivity index is 2.48. The van der Waals surface area contributed by atoms with E-state index in [4.69, 9.17) is 15.0 Å². The van der Waals surface area contributed by atoms with E-state index in [2.05, 4.69) is 0 Å². The predicted octanol–water partition coefficient (Wildman–Crippen LogP) is 1.07. The molecule has 1 aromatic rings. The highest BCUT2D eigenvalue weighted by Gasteiger charge is 2.21. The first-order valence-corrected chi connectivity index (χ1v) is 3.82. The van der Waals surface area contributed by atoms with Gasteiger partial charge in [-0.15, -0.1) is 0 Å². The van der Waals surface area contributed by atoms with Crippen LogP contribution in [-0.2, 0) is 11.5 Å². The van der Waals surface area contributed by atoms with E-state index in [9.17, 15) is 5.11 Å². The summed E-state index contributed by atoms with van der Waals surface area (Å²) < 4.78 is 0. The molecule has 1 aliphatic heterocycles. The molecule has 0 fully saturated rings. The van der Waals surface area contributed by atoms with E-state index in [1.807, 2.05) is 0 Å². The van der Waals surface area contributed by atoms with Gasteiger partial charge in [-0.1, -0.05) is 12.1 Å². The van der Waals surface area contributed by atoms with Gasteiger partial charge < -0.3 is 9.99 Å². The fourth-order valence-corrected chi connectivity index (χ4v) is 1.29. The Labute approximate surface area is 74.9 Å². The van der Waals surface area contributed by atoms with Crippen molar-refractivity contribution >= 4 is 0 Å². The molecule has 1 N–H and O–H groups in total. The van der Waals surface area contributed by atoms with Crippen molar-refractivity contribution in [2.45, 2.75) is 12.7 Å². The average Bonchev–Trinajstić information content (AvgIpc) is 2.63. The lowest BCUT2D eigenvalue weighted by Crippen LogP contribution is -1.97. The van der Waals surface area contributed by atoms with Gasteiger partial charge >= 0.3 is 0 Å². The Kier molecular flexibility index (Phi) is 1.89. The Bertz CT molecular complexity index is 370. The van der Waals surface area contributed by atoms with E-state index in [1.54, 1.807) is 24.3 Å². The molecule has 13 heavy (non-hydrogen) atoms. The number of fused-ring (bicyclic) bond motifs is 1. The lowest BCUT2D eigenvalue weighted by atomic mass is 10.0. The highest BCUT2D eigenvalue weighted by atomic mass is 17.2. The highest BCUT2D eigenvalue weighted by molar-refractivity contribution is 5.43. The molecule has 0 unspecified atom stereocenters. The lowest BCUT2D eigenvalue weighted by molar-refractivity contribution is -0.194. The third-order valence-electron chi connectivity index (χ3n) is 1.94. The number of aliphatic hydroxyl groups is 1. The molecule has 1 atom stereocenters. The van der Waals surface area contributed by atoms with Gasteiger partial charge in [0.2, 0.25) is 0 Å². The van der Waals surface area contributed by atoms with Crippen LogP contribution in [0.1, 0.15) is 17.2 Å². The fourth-order valence-electron chi connectivity index (χ4n) is 1.29. The number of rotatable bonds is 1. The molecule has 0 aromatic heterocycles. The Morgan fingerprint density at radius 3 is 3.15 bits per heavy atom. The van der Waals surface area contributed by atoms with Crippen molar-refractivity contribution in [3.8, 4) is 11.8 Å². The summed E-state index contributed by atoms with van der Waals surface area (Å²) in [7, 11) is 0. The molecule has 0 radical (unpaired) electrons. The standard InChI is InChI=1S/C9H7NO3/c10-4-8(11)6-2-1-3-9-7(6)5-12-13-9/h1-3,8,11H,5H2/t8-/m0/s1. The monoisotopic (exact) mass is 177 g/mol. The third-order valence-corrected chi connectivity index (χ3v) is 1.94. The van der Waals surface area contributed by atoms with Gasteiger partial charge in [-0.2, -0.15) is 10.1 Å². The van der Waals surface area contributed by atoms with Gasteiger partial charge in [0.1, 0.15) is 6.61 Å². The van der Waals surface area contributed by atoms with Crippen LogP contribution in [0.25, 0.3) is 0 Å². The minimum atomic E-state index is -1.11. The van der Waals surface area contributed by atoms with Crippen molar-refractivity contribution in [3.05, 3.63) is 29.3 Å². The Morgan fingerprint density at radius 2 is 2.38 bits per heavy atom. The maximum atomic E-state index is 9.32. The second-order valence-corrected chi connectivity index (χ2v) is 2.70. The summed E-state index contributed by atoms with van der Waals surface area (Å²) in [6.45, 7) is 0.282. The zero-order chi connectivity index (χ0) is 9.26. The molecule has 1 aliphatic rings. The van der Waals surface area contributed by atoms with Crippen LogP contribution in [0.15, 0.2) is 18.2 Å². The van der Waals surface area contributed by atoms with Crippen LogP contribution in [0.2, 0.25) is 0 Å². The molecule has 4 nitrogen and oxygen atoms in total. The van der Waals surface area contributed by atoms with Crippen molar-refractivity contribution in [2.24, 2.45) is 0 Å². The van der Waals surface area contributed by atoms with Crippen LogP contribution in [0.3, 0.4) is 0 Å². The van der Waals surface area contributed by atoms with E-state index in [0.29, 0.717) is 11.3 Å². The smallest absolute Gasteiger partial charge is 0.171 e. The number of hydrogen-bond acceptors (Lipinski definition) is 4. The van der Waals surface area contributed by atoms with Crippen LogP contribution in [0.4, 0.5) is 0 Å². The molecule has 1 heterocycles. The van der Waals surface area contributed by atoms with Crippen LogP contribution in [-0.4, -0.2) is 5.11 Å². The first kappa shape index (κ1) is 8.05. The number of nitriles is 1. The van der Waals surface area contributed by atoms with Gasteiger partial charge in [0.05, 0.1) is 6.07 Å². The van der Waals surface area contributed by atoms with E-state index < -0.39 is 6.10 Å². The zero-order valence-electron chi connectivity index (χ0n) is 6.73. The number of hydrogen-bond donors (Lipinski definition) is 1. The Hall–Kier alpha value is -1.57. The minimum Gasteiger partial charge on any atom is -0.374 e. The molecule has 0 saturated heterocycles. The molecule has 66 valence electrons. The molecule has 0 spiro atoms. The Morgan fingerprint density at radius 1 is 1.54 bits per heavy atom. The maximum absolute atomic E-state index is 9.32. The van der Waals surface area contributed by atoms with Gasteiger partial charge in [-0.05, 0) is 6.07 Å². The zero-order valence-corrected chi connectivity index (χ0v) is 6.73. The summed E-state index contributed by atoms with van der Waals surface area (Å²) in [6, 6.07) is 6.88. The average molecular weight is 177 g/mol. The normalized spacial score (nSPS) is 15.7. The van der Waals surface area contributed by atoms with Crippen LogP contribution < -0.4 is 4.89 Å². The molecule has 0 bridgehead atoms. The van der Waals surface area contributed by atoms with Crippen molar-refractivity contribution in [2.75, 3.05) is 0 Å². The highest BCUT2D eigenvalue weighted by Crippen LogP contribution is 2.31. The molecule has 2 rings (SSSR count). The summed E-state index contributed by atoms with van der Waals surface area (Å²) in [5.74, 6) is 0.576. The van der Waals surface area contributed by atoms with Gasteiger partial charge in [0.15, 0.2) is 11.9 Å². The summed E-state index contributed by atoms with van der Waals surface area (Å²) in [5.41, 5.74) is 1.30. The SMILES string of the molecule is N#C[C@H](O)c1cccc2c1COO2. The largest absolute Gasteiger partial charge is 0.374 e. The maximum Gasteiger partial charge on any atom is 0.171 e. The second-order valence-electron chi connectivity index (χ2n) is 2.70. The number of benzene rings is 1. The summed E-state index contributed by atoms with van der Waals surface area (Å²) in [5, 5.41) is 17.9. The summed E-state index contributed by atoms with van der Waals surface area (Å²) in [6.07, 6.45) is -1.11. The van der Waals surface area contributed by atoms with E-state index in [0.717, 1.165) is 5.56 Å². The molecule has 0 amide bonds. The predicted molar refractivity (Wildman–Crippen MR) is 42.4 cm³/mol. The molecule has 4 heteroatoms. The van der Waals surface area contributed by atoms with E-state index in [-0.39, 0.29) is 6.61 Å². The van der Waals surface area contributed by atoms with E-state index >= 15 is 0 Å². The second kappa shape index (κ2) is 3.05. The van der Waals surface area contributed by atoms with Crippen LogP contribution >= 0.6 is 0 Å². The van der Waals surface area contributed by atoms with Gasteiger partial charge in [0, 0.05) is 11.1 Å². The van der Waals surface area contributed by atoms with E-state index in [1.165, 1.54) is 0 Å². The molecule has 0 saturated carbocycles. The van der Waals surface area contributed by atoms with Crippen molar-refractivity contribution < 1.29 is 14.9 Å². The molecule has 0 aliphatic carbocycles. The quantitative estimate of drug-likeness (QED) is 0.514. The van der Waals surface area contributed by atoms with Crippen molar-refractivity contribution in [1.29, 1.82) is 5.26 Å². The van der Waals surface area contributed by atoms with Gasteiger partial charge in [0.25, 0.3) is 0 Å². The van der Waals surface area contributed by atoms with Crippen molar-refractivity contribution in [1.82, 2.24) is 0 Å². The van der Waals surface area contributed by atoms with Crippen LogP contribution in [0, 0.1) is 11.3 Å². The molecular formula is C9H7NO3. The first-order chi connectivity index (χ1) is 6.33. The third kappa shape index (κ3) is 1.24. The van der Waals surface area contributed by atoms with Crippen LogP contribution in [0.5, 0.6) is 5.75 Å². The fraction of sp³-hybridized carbons (Fsp3) is 0.222. The van der Waals surface area contributed by atoms with Gasteiger partial charge in [-0.3, -0.25) is 0 Å². The number of aliphatic hydroxyl groups excluding tert-OH is 1. The van der Waals surface area contributed by atoms with Crippen molar-refractivity contribution in [3.63, 3.8) is 0 Å². The summed E-state index contributed by atoms with van der Waals surface area (Å²) in [4.78, 5) is 9.54. The molecular weight excluding hydrogens is 170 g/mol. The van der Waals surface area contributed by atoms with Gasteiger partial charge in [-0.25, -0.2) is 0 Å². The first-order valence-electron chi connectivity index (χ1n) is 3.82. The lowest BCUT2D eigenvalue weighted by Gasteiger charge is -2.04. The molecule has 1 aromatic carbocycles.